The summed E-state index contributed by atoms with van der Waals surface area (Å²) < 4.78 is 32.3. The van der Waals surface area contributed by atoms with Crippen molar-refractivity contribution in [2.24, 2.45) is 0 Å². The van der Waals surface area contributed by atoms with E-state index in [1.807, 2.05) is 24.3 Å². The van der Waals surface area contributed by atoms with Crippen LogP contribution in [0.4, 0.5) is 0 Å². The van der Waals surface area contributed by atoms with Crippen LogP contribution in [0, 0.1) is 0 Å². The Hall–Kier alpha value is -2.19. The molecule has 1 aliphatic rings. The molecule has 2 N–H and O–H groups in total. The molecule has 1 heterocycles. The van der Waals surface area contributed by atoms with Crippen LogP contribution < -0.4 is 10.0 Å². The number of nitrogens with one attached hydrogen (secondary N) is 2. The van der Waals surface area contributed by atoms with Gasteiger partial charge in [0.05, 0.1) is 17.6 Å². The van der Waals surface area contributed by atoms with E-state index < -0.39 is 10.0 Å². The van der Waals surface area contributed by atoms with Crippen LogP contribution in [0.1, 0.15) is 22.3 Å². The van der Waals surface area contributed by atoms with Crippen LogP contribution in [-0.4, -0.2) is 40.1 Å². The predicted molar refractivity (Wildman–Crippen MR) is 109 cm³/mol. The fraction of sp³-hybridized carbons (Fsp3) is 0.250. The maximum absolute atomic E-state index is 12.5. The molecule has 1 saturated heterocycles. The van der Waals surface area contributed by atoms with Crippen molar-refractivity contribution in [3.8, 4) is 0 Å². The van der Waals surface area contributed by atoms with Gasteiger partial charge in [0, 0.05) is 23.7 Å². The molecule has 0 aromatic heterocycles. The molecule has 2 aromatic carbocycles. The fourth-order valence-electron chi connectivity index (χ4n) is 2.98. The average Bonchev–Trinajstić information content (AvgIpc) is 3.13. The number of rotatable bonds is 6. The lowest BCUT2D eigenvalue weighted by molar-refractivity contribution is 0.0600. The zero-order valence-electron chi connectivity index (χ0n) is 15.3. The SMILES string of the molecule is COC(=O)c1ccc(/C=C/[C@@H]2C[C@@H](NS(=O)(=O)c3ccc(Cl)cc3)CN2)cc1. The highest BCUT2D eigenvalue weighted by atomic mass is 35.5. The normalized spacial score (nSPS) is 19.8. The molecule has 0 amide bonds. The number of methoxy groups -OCH3 is 1. The van der Waals surface area contributed by atoms with Crippen LogP contribution in [0.25, 0.3) is 6.08 Å². The Morgan fingerprint density at radius 3 is 2.50 bits per heavy atom. The number of esters is 1. The topological polar surface area (TPSA) is 84.5 Å². The number of carbonyl (C=O) groups excluding carboxylic acids is 1. The first-order valence-electron chi connectivity index (χ1n) is 8.75. The molecule has 1 aliphatic heterocycles. The van der Waals surface area contributed by atoms with Crippen molar-refractivity contribution in [3.63, 3.8) is 0 Å². The first-order valence-corrected chi connectivity index (χ1v) is 10.6. The lowest BCUT2D eigenvalue weighted by atomic mass is 10.1. The maximum atomic E-state index is 12.5. The number of hydrogen-bond donors (Lipinski definition) is 2. The van der Waals surface area contributed by atoms with E-state index >= 15 is 0 Å². The predicted octanol–water partition coefficient (Wildman–Crippen LogP) is 2.85. The summed E-state index contributed by atoms with van der Waals surface area (Å²) in [5, 5.41) is 3.78. The molecular formula is C20H21ClN2O4S. The molecule has 3 rings (SSSR count). The highest BCUT2D eigenvalue weighted by Crippen LogP contribution is 2.17. The van der Waals surface area contributed by atoms with Gasteiger partial charge in [-0.25, -0.2) is 17.9 Å². The van der Waals surface area contributed by atoms with E-state index in [9.17, 15) is 13.2 Å². The minimum absolute atomic E-state index is 0.0539. The molecule has 8 heteroatoms. The van der Waals surface area contributed by atoms with Gasteiger partial charge in [0.15, 0.2) is 0 Å². The molecule has 0 aliphatic carbocycles. The number of hydrogen-bond acceptors (Lipinski definition) is 5. The number of ether oxygens (including phenoxy) is 1. The molecule has 1 fully saturated rings. The average molecular weight is 421 g/mol. The highest BCUT2D eigenvalue weighted by molar-refractivity contribution is 7.89. The molecule has 6 nitrogen and oxygen atoms in total. The number of halogens is 1. The molecule has 0 unspecified atom stereocenters. The van der Waals surface area contributed by atoms with Crippen molar-refractivity contribution in [3.05, 3.63) is 70.8 Å². The Labute approximate surface area is 169 Å². The number of carbonyl (C=O) groups is 1. The van der Waals surface area contributed by atoms with Gasteiger partial charge in [0.2, 0.25) is 10.0 Å². The molecule has 28 heavy (non-hydrogen) atoms. The van der Waals surface area contributed by atoms with E-state index in [1.165, 1.54) is 19.2 Å². The summed E-state index contributed by atoms with van der Waals surface area (Å²) in [5.74, 6) is -0.371. The van der Waals surface area contributed by atoms with Crippen molar-refractivity contribution in [2.75, 3.05) is 13.7 Å². The second kappa shape index (κ2) is 8.87. The lowest BCUT2D eigenvalue weighted by Crippen LogP contribution is -2.36. The molecule has 0 saturated carbocycles. The van der Waals surface area contributed by atoms with E-state index in [1.54, 1.807) is 24.3 Å². The molecule has 0 bridgehead atoms. The van der Waals surface area contributed by atoms with Crippen molar-refractivity contribution in [1.29, 1.82) is 0 Å². The summed E-state index contributed by atoms with van der Waals surface area (Å²) in [6.45, 7) is 0.545. The Kier molecular flexibility index (Phi) is 6.51. The number of sulfonamides is 1. The van der Waals surface area contributed by atoms with Gasteiger partial charge < -0.3 is 10.1 Å². The summed E-state index contributed by atoms with van der Waals surface area (Å²) in [6.07, 6.45) is 4.57. The second-order valence-electron chi connectivity index (χ2n) is 6.50. The Morgan fingerprint density at radius 1 is 1.18 bits per heavy atom. The van der Waals surface area contributed by atoms with Gasteiger partial charge in [-0.3, -0.25) is 0 Å². The molecule has 2 aromatic rings. The first-order chi connectivity index (χ1) is 13.4. The van der Waals surface area contributed by atoms with Crippen LogP contribution >= 0.6 is 11.6 Å². The van der Waals surface area contributed by atoms with Gasteiger partial charge in [-0.1, -0.05) is 35.9 Å². The zero-order chi connectivity index (χ0) is 20.1. The van der Waals surface area contributed by atoms with Crippen LogP contribution in [0.2, 0.25) is 5.02 Å². The van der Waals surface area contributed by atoms with Crippen molar-refractivity contribution < 1.29 is 17.9 Å². The standard InChI is InChI=1S/C20H21ClN2O4S/c1-27-20(24)15-5-2-14(3-6-15)4-9-17-12-18(13-22-17)23-28(25,26)19-10-7-16(21)8-11-19/h2-11,17-18,22-23H,12-13H2,1H3/b9-4+/t17-,18-/m1/s1. The van der Waals surface area contributed by atoms with E-state index in [-0.39, 0.29) is 22.9 Å². The Bertz CT molecular complexity index is 957. The third-order valence-electron chi connectivity index (χ3n) is 4.46. The fourth-order valence-corrected chi connectivity index (χ4v) is 4.35. The lowest BCUT2D eigenvalue weighted by Gasteiger charge is -2.12. The third kappa shape index (κ3) is 5.20. The van der Waals surface area contributed by atoms with Crippen LogP contribution in [-0.2, 0) is 14.8 Å². The maximum Gasteiger partial charge on any atom is 0.337 e. The van der Waals surface area contributed by atoms with Gasteiger partial charge in [-0.15, -0.1) is 0 Å². The summed E-state index contributed by atoms with van der Waals surface area (Å²) in [4.78, 5) is 11.6. The van der Waals surface area contributed by atoms with E-state index in [0.717, 1.165) is 5.56 Å². The molecule has 148 valence electrons. The van der Waals surface area contributed by atoms with Crippen molar-refractivity contribution >= 4 is 33.7 Å². The van der Waals surface area contributed by atoms with Gasteiger partial charge >= 0.3 is 5.97 Å². The first kappa shape index (κ1) is 20.5. The van der Waals surface area contributed by atoms with Gasteiger partial charge in [0.1, 0.15) is 0 Å². The van der Waals surface area contributed by atoms with E-state index in [2.05, 4.69) is 14.8 Å². The van der Waals surface area contributed by atoms with E-state index in [0.29, 0.717) is 23.6 Å². The summed E-state index contributed by atoms with van der Waals surface area (Å²) in [7, 11) is -2.24. The monoisotopic (exact) mass is 420 g/mol. The molecular weight excluding hydrogens is 400 g/mol. The van der Waals surface area contributed by atoms with Crippen LogP contribution in [0.15, 0.2) is 59.5 Å². The van der Waals surface area contributed by atoms with Gasteiger partial charge in [0.25, 0.3) is 0 Å². The number of benzene rings is 2. The molecule has 2 atom stereocenters. The van der Waals surface area contributed by atoms with E-state index in [4.69, 9.17) is 11.6 Å². The minimum Gasteiger partial charge on any atom is -0.465 e. The summed E-state index contributed by atoms with van der Waals surface area (Å²) in [5.41, 5.74) is 1.44. The highest BCUT2D eigenvalue weighted by Gasteiger charge is 2.27. The van der Waals surface area contributed by atoms with Crippen LogP contribution in [0.5, 0.6) is 0 Å². The quantitative estimate of drug-likeness (QED) is 0.702. The van der Waals surface area contributed by atoms with Crippen molar-refractivity contribution in [2.45, 2.75) is 23.4 Å². The zero-order valence-corrected chi connectivity index (χ0v) is 16.8. The largest absolute Gasteiger partial charge is 0.465 e. The van der Waals surface area contributed by atoms with Gasteiger partial charge in [-0.2, -0.15) is 0 Å². The van der Waals surface area contributed by atoms with Crippen molar-refractivity contribution in [1.82, 2.24) is 10.0 Å². The third-order valence-corrected chi connectivity index (χ3v) is 6.25. The Balaban J connectivity index is 1.57. The van der Waals surface area contributed by atoms with Crippen LogP contribution in [0.3, 0.4) is 0 Å². The Morgan fingerprint density at radius 2 is 1.86 bits per heavy atom. The van der Waals surface area contributed by atoms with Gasteiger partial charge in [-0.05, 0) is 48.4 Å². The summed E-state index contributed by atoms with van der Waals surface area (Å²) in [6, 6.07) is 13.0. The second-order valence-corrected chi connectivity index (χ2v) is 8.65. The smallest absolute Gasteiger partial charge is 0.337 e. The molecule has 0 radical (unpaired) electrons. The molecule has 0 spiro atoms. The minimum atomic E-state index is -3.58. The summed E-state index contributed by atoms with van der Waals surface area (Å²) >= 11 is 5.81.